The van der Waals surface area contributed by atoms with Crippen LogP contribution in [-0.4, -0.2) is 31.5 Å². The molecule has 0 saturated carbocycles. The van der Waals surface area contributed by atoms with Gasteiger partial charge in [0.2, 0.25) is 10.0 Å². The van der Waals surface area contributed by atoms with Gasteiger partial charge >= 0.3 is 0 Å². The van der Waals surface area contributed by atoms with Crippen LogP contribution in [0.25, 0.3) is 0 Å². The number of sulfonamides is 1. The summed E-state index contributed by atoms with van der Waals surface area (Å²) >= 11 is 0. The number of nitrogens with one attached hydrogen (secondary N) is 2. The quantitative estimate of drug-likeness (QED) is 0.732. The molecule has 1 amide bonds. The minimum absolute atomic E-state index is 0.0203. The van der Waals surface area contributed by atoms with Crippen molar-refractivity contribution in [3.05, 3.63) is 54.4 Å². The highest BCUT2D eigenvalue weighted by molar-refractivity contribution is 7.89. The number of benzene rings is 1. The Morgan fingerprint density at radius 1 is 1.15 bits per heavy atom. The lowest BCUT2D eigenvalue weighted by atomic mass is 10.3. The predicted octanol–water partition coefficient (Wildman–Crippen LogP) is 1.85. The van der Waals surface area contributed by atoms with Gasteiger partial charge in [0, 0.05) is 25.0 Å². The van der Waals surface area contributed by atoms with Crippen molar-refractivity contribution in [1.29, 1.82) is 0 Å². The molecule has 0 aliphatic carbocycles. The van der Waals surface area contributed by atoms with Gasteiger partial charge in [0.25, 0.3) is 5.91 Å². The van der Waals surface area contributed by atoms with E-state index in [1.807, 2.05) is 13.8 Å². The van der Waals surface area contributed by atoms with Crippen LogP contribution in [0.3, 0.4) is 0 Å². The van der Waals surface area contributed by atoms with Gasteiger partial charge in [-0.3, -0.25) is 9.78 Å². The predicted molar refractivity (Wildman–Crippen MR) is 98.1 cm³/mol. The van der Waals surface area contributed by atoms with Gasteiger partial charge in [-0.1, -0.05) is 6.07 Å². The number of ether oxygens (including phenoxy) is 1. The molecule has 0 spiro atoms. The summed E-state index contributed by atoms with van der Waals surface area (Å²) in [5, 5.41) is 2.76. The van der Waals surface area contributed by atoms with Gasteiger partial charge in [-0.05, 0) is 56.7 Å². The van der Waals surface area contributed by atoms with E-state index in [1.54, 1.807) is 31.5 Å². The van der Waals surface area contributed by atoms with E-state index < -0.39 is 16.1 Å². The zero-order valence-electron chi connectivity index (χ0n) is 15.0. The highest BCUT2D eigenvalue weighted by Crippen LogP contribution is 2.17. The summed E-state index contributed by atoms with van der Waals surface area (Å²) in [5.41, 5.74) is 0.765. The number of rotatable bonds is 8. The van der Waals surface area contributed by atoms with E-state index in [0.29, 0.717) is 5.75 Å². The van der Waals surface area contributed by atoms with E-state index in [9.17, 15) is 13.2 Å². The number of aromatic nitrogens is 1. The van der Waals surface area contributed by atoms with Gasteiger partial charge in [0.15, 0.2) is 6.10 Å². The fraction of sp³-hybridized carbons (Fsp3) is 0.333. The molecule has 0 radical (unpaired) electrons. The molecule has 1 aromatic heterocycles. The molecule has 0 unspecified atom stereocenters. The van der Waals surface area contributed by atoms with Gasteiger partial charge < -0.3 is 10.1 Å². The lowest BCUT2D eigenvalue weighted by Crippen LogP contribution is -2.40. The van der Waals surface area contributed by atoms with Crippen LogP contribution in [0.4, 0.5) is 0 Å². The van der Waals surface area contributed by atoms with Crippen LogP contribution in [0.5, 0.6) is 5.75 Å². The first-order valence-corrected chi connectivity index (χ1v) is 9.72. The molecule has 0 aliphatic heterocycles. The van der Waals surface area contributed by atoms with Gasteiger partial charge in [-0.25, -0.2) is 13.1 Å². The molecular weight excluding hydrogens is 354 g/mol. The Bertz CT molecular complexity index is 821. The molecule has 0 fully saturated rings. The Morgan fingerprint density at radius 3 is 2.42 bits per heavy atom. The molecule has 1 heterocycles. The van der Waals surface area contributed by atoms with Crippen molar-refractivity contribution in [2.75, 3.05) is 0 Å². The smallest absolute Gasteiger partial charge is 0.260 e. The molecular formula is C18H23N3O4S. The first-order valence-electron chi connectivity index (χ1n) is 8.23. The zero-order chi connectivity index (χ0) is 19.2. The van der Waals surface area contributed by atoms with Crippen LogP contribution in [0.1, 0.15) is 26.3 Å². The second kappa shape index (κ2) is 8.77. The number of hydrogen-bond donors (Lipinski definition) is 2. The topological polar surface area (TPSA) is 97.4 Å². The molecule has 2 rings (SSSR count). The molecule has 1 aromatic carbocycles. The maximum absolute atomic E-state index is 12.3. The first kappa shape index (κ1) is 19.9. The Hall–Kier alpha value is -2.45. The number of carbonyl (C=O) groups is 1. The van der Waals surface area contributed by atoms with Crippen LogP contribution < -0.4 is 14.8 Å². The molecule has 0 saturated heterocycles. The van der Waals surface area contributed by atoms with Gasteiger partial charge in [0.05, 0.1) is 4.90 Å². The van der Waals surface area contributed by atoms with Crippen molar-refractivity contribution in [1.82, 2.24) is 15.0 Å². The average Bonchev–Trinajstić information content (AvgIpc) is 2.61. The summed E-state index contributed by atoms with van der Waals surface area (Å²) < 4.78 is 32.7. The standard InChI is InChI=1S/C18H23N3O4S/c1-13(2)21-18(22)14(3)25-16-6-8-17(9-7-16)26(23,24)20-12-15-5-4-10-19-11-15/h4-11,13-14,20H,12H2,1-3H3,(H,21,22)/t14-/m0/s1. The average molecular weight is 377 g/mol. The third kappa shape index (κ3) is 5.82. The van der Waals surface area contributed by atoms with E-state index in [2.05, 4.69) is 15.0 Å². The first-order chi connectivity index (χ1) is 12.3. The number of pyridine rings is 1. The maximum atomic E-state index is 12.3. The second-order valence-corrected chi connectivity index (χ2v) is 7.85. The van der Waals surface area contributed by atoms with E-state index >= 15 is 0 Å². The fourth-order valence-corrected chi connectivity index (χ4v) is 3.14. The highest BCUT2D eigenvalue weighted by Gasteiger charge is 2.17. The molecule has 1 atom stereocenters. The van der Waals surface area contributed by atoms with Gasteiger partial charge in [-0.15, -0.1) is 0 Å². The SMILES string of the molecule is CC(C)NC(=O)[C@H](C)Oc1ccc(S(=O)(=O)NCc2cccnc2)cc1. The summed E-state index contributed by atoms with van der Waals surface area (Å²) in [6.45, 7) is 5.52. The molecule has 2 aromatic rings. The van der Waals surface area contributed by atoms with Crippen molar-refractivity contribution < 1.29 is 17.9 Å². The summed E-state index contributed by atoms with van der Waals surface area (Å²) in [6.07, 6.45) is 2.55. The molecule has 140 valence electrons. The van der Waals surface area contributed by atoms with Crippen molar-refractivity contribution in [2.24, 2.45) is 0 Å². The largest absolute Gasteiger partial charge is 0.481 e. The highest BCUT2D eigenvalue weighted by atomic mass is 32.2. The summed E-state index contributed by atoms with van der Waals surface area (Å²) in [6, 6.07) is 9.48. The van der Waals surface area contributed by atoms with Crippen LogP contribution in [0.15, 0.2) is 53.7 Å². The molecule has 0 aliphatic rings. The third-order valence-electron chi connectivity index (χ3n) is 3.44. The van der Waals surface area contributed by atoms with Gasteiger partial charge in [-0.2, -0.15) is 0 Å². The number of nitrogens with zero attached hydrogens (tertiary/aromatic N) is 1. The van der Waals surface area contributed by atoms with E-state index in [-0.39, 0.29) is 23.4 Å². The van der Waals surface area contributed by atoms with Crippen LogP contribution in [0, 0.1) is 0 Å². The molecule has 0 bridgehead atoms. The summed E-state index contributed by atoms with van der Waals surface area (Å²) in [4.78, 5) is 15.9. The minimum Gasteiger partial charge on any atom is -0.481 e. The van der Waals surface area contributed by atoms with E-state index in [1.165, 1.54) is 24.3 Å². The van der Waals surface area contributed by atoms with Crippen molar-refractivity contribution >= 4 is 15.9 Å². The van der Waals surface area contributed by atoms with Crippen LogP contribution in [0.2, 0.25) is 0 Å². The van der Waals surface area contributed by atoms with Crippen molar-refractivity contribution in [2.45, 2.75) is 44.4 Å². The number of amides is 1. The third-order valence-corrected chi connectivity index (χ3v) is 4.85. The van der Waals surface area contributed by atoms with Crippen LogP contribution in [-0.2, 0) is 21.4 Å². The lowest BCUT2D eigenvalue weighted by molar-refractivity contribution is -0.127. The zero-order valence-corrected chi connectivity index (χ0v) is 15.8. The van der Waals surface area contributed by atoms with E-state index in [0.717, 1.165) is 5.56 Å². The molecule has 7 nitrogen and oxygen atoms in total. The monoisotopic (exact) mass is 377 g/mol. The van der Waals surface area contributed by atoms with Crippen molar-refractivity contribution in [3.63, 3.8) is 0 Å². The summed E-state index contributed by atoms with van der Waals surface area (Å²) in [5.74, 6) is 0.192. The second-order valence-electron chi connectivity index (χ2n) is 6.08. The fourth-order valence-electron chi connectivity index (χ4n) is 2.12. The maximum Gasteiger partial charge on any atom is 0.260 e. The van der Waals surface area contributed by atoms with Crippen molar-refractivity contribution in [3.8, 4) is 5.75 Å². The van der Waals surface area contributed by atoms with Crippen LogP contribution >= 0.6 is 0 Å². The Balaban J connectivity index is 1.98. The summed E-state index contributed by atoms with van der Waals surface area (Å²) in [7, 11) is -3.65. The minimum atomic E-state index is -3.65. The Morgan fingerprint density at radius 2 is 1.85 bits per heavy atom. The Kier molecular flexibility index (Phi) is 6.70. The molecule has 8 heteroatoms. The van der Waals surface area contributed by atoms with Gasteiger partial charge in [0.1, 0.15) is 5.75 Å². The number of hydrogen-bond acceptors (Lipinski definition) is 5. The Labute approximate surface area is 153 Å². The van der Waals surface area contributed by atoms with E-state index in [4.69, 9.17) is 4.74 Å². The number of carbonyl (C=O) groups excluding carboxylic acids is 1. The molecule has 2 N–H and O–H groups in total. The normalized spacial score (nSPS) is 12.6. The lowest BCUT2D eigenvalue weighted by Gasteiger charge is -2.16. The molecule has 26 heavy (non-hydrogen) atoms.